The molecule has 26 heavy (non-hydrogen) atoms. The number of carbonyl (C=O) groups excluding carboxylic acids is 2. The van der Waals surface area contributed by atoms with E-state index in [1.54, 1.807) is 31.4 Å². The van der Waals surface area contributed by atoms with Gasteiger partial charge in [0.05, 0.1) is 7.11 Å². The Kier molecular flexibility index (Phi) is 5.93. The Bertz CT molecular complexity index is 792. The van der Waals surface area contributed by atoms with Crippen LogP contribution in [0.25, 0.3) is 0 Å². The van der Waals surface area contributed by atoms with Crippen molar-refractivity contribution in [2.24, 2.45) is 0 Å². The van der Waals surface area contributed by atoms with Gasteiger partial charge in [-0.1, -0.05) is 22.0 Å². The molecule has 0 N–H and O–H groups in total. The highest BCUT2D eigenvalue weighted by molar-refractivity contribution is 9.10. The van der Waals surface area contributed by atoms with E-state index in [1.165, 1.54) is 0 Å². The van der Waals surface area contributed by atoms with Crippen molar-refractivity contribution >= 4 is 27.7 Å². The molecule has 0 spiro atoms. The summed E-state index contributed by atoms with van der Waals surface area (Å²) in [6, 6.07) is 14.5. The third-order valence-corrected chi connectivity index (χ3v) is 4.97. The maximum absolute atomic E-state index is 12.7. The summed E-state index contributed by atoms with van der Waals surface area (Å²) in [6.45, 7) is 2.36. The predicted octanol–water partition coefficient (Wildman–Crippen LogP) is 3.45. The fraction of sp³-hybridized carbons (Fsp3) is 0.300. The molecule has 0 bridgehead atoms. The summed E-state index contributed by atoms with van der Waals surface area (Å²) in [6.07, 6.45) is 0.766. The highest BCUT2D eigenvalue weighted by Gasteiger charge is 2.23. The predicted molar refractivity (Wildman–Crippen MR) is 104 cm³/mol. The molecule has 2 aromatic carbocycles. The van der Waals surface area contributed by atoms with Crippen LogP contribution < -0.4 is 4.74 Å². The Balaban J connectivity index is 1.65. The second kappa shape index (κ2) is 8.36. The van der Waals surface area contributed by atoms with Crippen molar-refractivity contribution in [3.8, 4) is 5.75 Å². The van der Waals surface area contributed by atoms with Crippen molar-refractivity contribution in [3.05, 3.63) is 64.1 Å². The van der Waals surface area contributed by atoms with Gasteiger partial charge in [0, 0.05) is 41.8 Å². The smallest absolute Gasteiger partial charge is 0.253 e. The summed E-state index contributed by atoms with van der Waals surface area (Å²) in [4.78, 5) is 29.1. The van der Waals surface area contributed by atoms with Crippen molar-refractivity contribution in [3.63, 3.8) is 0 Å². The lowest BCUT2D eigenvalue weighted by Gasteiger charge is -2.22. The highest BCUT2D eigenvalue weighted by atomic mass is 79.9. The van der Waals surface area contributed by atoms with Crippen LogP contribution in [0.3, 0.4) is 0 Å². The maximum atomic E-state index is 12.7. The first kappa shape index (κ1) is 18.5. The molecule has 0 unspecified atom stereocenters. The first-order valence-electron chi connectivity index (χ1n) is 8.56. The van der Waals surface area contributed by atoms with Crippen LogP contribution in [0.2, 0.25) is 0 Å². The molecule has 1 heterocycles. The monoisotopic (exact) mass is 416 g/mol. The Morgan fingerprint density at radius 1 is 0.885 bits per heavy atom. The Morgan fingerprint density at radius 2 is 1.50 bits per heavy atom. The van der Waals surface area contributed by atoms with Crippen LogP contribution in [0.1, 0.15) is 27.1 Å². The number of halogens is 1. The van der Waals surface area contributed by atoms with Gasteiger partial charge in [-0.3, -0.25) is 9.59 Å². The number of rotatable bonds is 3. The molecule has 0 saturated carbocycles. The van der Waals surface area contributed by atoms with Gasteiger partial charge in [-0.25, -0.2) is 0 Å². The number of benzene rings is 2. The quantitative estimate of drug-likeness (QED) is 0.769. The van der Waals surface area contributed by atoms with E-state index in [2.05, 4.69) is 15.9 Å². The number of carbonyl (C=O) groups is 2. The first-order valence-corrected chi connectivity index (χ1v) is 9.36. The minimum absolute atomic E-state index is 0.00467. The molecule has 0 aromatic heterocycles. The van der Waals surface area contributed by atoms with Gasteiger partial charge in [-0.15, -0.1) is 0 Å². The molecule has 1 saturated heterocycles. The largest absolute Gasteiger partial charge is 0.497 e. The molecule has 1 aliphatic rings. The van der Waals surface area contributed by atoms with Crippen molar-refractivity contribution in [2.75, 3.05) is 33.3 Å². The second-order valence-corrected chi connectivity index (χ2v) is 7.09. The van der Waals surface area contributed by atoms with E-state index < -0.39 is 0 Å². The van der Waals surface area contributed by atoms with Crippen LogP contribution in [0, 0.1) is 0 Å². The fourth-order valence-corrected chi connectivity index (χ4v) is 3.44. The number of nitrogens with zero attached hydrogens (tertiary/aromatic N) is 2. The lowest BCUT2D eigenvalue weighted by atomic mass is 10.2. The minimum Gasteiger partial charge on any atom is -0.497 e. The Hall–Kier alpha value is -2.34. The van der Waals surface area contributed by atoms with Crippen molar-refractivity contribution in [1.82, 2.24) is 9.80 Å². The van der Waals surface area contributed by atoms with Gasteiger partial charge in [0.15, 0.2) is 0 Å². The first-order chi connectivity index (χ1) is 12.6. The normalized spacial score (nSPS) is 14.7. The van der Waals surface area contributed by atoms with Gasteiger partial charge in [-0.2, -0.15) is 0 Å². The summed E-state index contributed by atoms with van der Waals surface area (Å²) in [7, 11) is 1.60. The molecule has 2 amide bonds. The number of amides is 2. The highest BCUT2D eigenvalue weighted by Crippen LogP contribution is 2.17. The van der Waals surface area contributed by atoms with Gasteiger partial charge in [-0.05, 0) is 48.9 Å². The average molecular weight is 417 g/mol. The summed E-state index contributed by atoms with van der Waals surface area (Å²) >= 11 is 3.40. The third-order valence-electron chi connectivity index (χ3n) is 4.48. The molecule has 1 fully saturated rings. The molecular weight excluding hydrogens is 396 g/mol. The summed E-state index contributed by atoms with van der Waals surface area (Å²) in [5.74, 6) is 0.720. The topological polar surface area (TPSA) is 49.9 Å². The van der Waals surface area contributed by atoms with Gasteiger partial charge >= 0.3 is 0 Å². The lowest BCUT2D eigenvalue weighted by Crippen LogP contribution is -2.37. The molecule has 2 aromatic rings. The lowest BCUT2D eigenvalue weighted by molar-refractivity contribution is 0.0718. The summed E-state index contributed by atoms with van der Waals surface area (Å²) in [5.41, 5.74) is 1.30. The molecule has 0 aliphatic carbocycles. The van der Waals surface area contributed by atoms with Crippen LogP contribution >= 0.6 is 15.9 Å². The van der Waals surface area contributed by atoms with Crippen LogP contribution in [-0.4, -0.2) is 54.9 Å². The Morgan fingerprint density at radius 3 is 2.08 bits per heavy atom. The number of hydrogen-bond donors (Lipinski definition) is 0. The van der Waals surface area contributed by atoms with Crippen molar-refractivity contribution in [1.29, 1.82) is 0 Å². The molecule has 3 rings (SSSR count). The van der Waals surface area contributed by atoms with Crippen LogP contribution in [0.15, 0.2) is 53.0 Å². The maximum Gasteiger partial charge on any atom is 0.253 e. The fourth-order valence-electron chi connectivity index (χ4n) is 3.04. The molecule has 6 heteroatoms. The molecule has 136 valence electrons. The average Bonchev–Trinajstić information content (AvgIpc) is 2.93. The van der Waals surface area contributed by atoms with Gasteiger partial charge in [0.2, 0.25) is 0 Å². The van der Waals surface area contributed by atoms with E-state index in [4.69, 9.17) is 4.74 Å². The van der Waals surface area contributed by atoms with Crippen LogP contribution in [0.5, 0.6) is 5.75 Å². The van der Waals surface area contributed by atoms with Gasteiger partial charge < -0.3 is 14.5 Å². The zero-order chi connectivity index (χ0) is 18.5. The Labute approximate surface area is 161 Å². The van der Waals surface area contributed by atoms with E-state index in [0.717, 1.165) is 16.6 Å². The summed E-state index contributed by atoms with van der Waals surface area (Å²) < 4.78 is 6.02. The zero-order valence-electron chi connectivity index (χ0n) is 14.7. The van der Waals surface area contributed by atoms with E-state index >= 15 is 0 Å². The number of hydrogen-bond acceptors (Lipinski definition) is 3. The molecule has 0 radical (unpaired) electrons. The molecular formula is C20H21BrN2O3. The molecule has 5 nitrogen and oxygen atoms in total. The standard InChI is InChI=1S/C20H21BrN2O3/c1-26-18-8-6-15(7-9-18)19(24)22-10-3-11-23(13-12-22)20(25)16-4-2-5-17(21)14-16/h2,4-9,14H,3,10-13H2,1H3. The minimum atomic E-state index is -0.00981. The van der Waals surface area contributed by atoms with Crippen molar-refractivity contribution in [2.45, 2.75) is 6.42 Å². The van der Waals surface area contributed by atoms with E-state index in [0.29, 0.717) is 37.3 Å². The zero-order valence-corrected chi connectivity index (χ0v) is 16.2. The van der Waals surface area contributed by atoms with E-state index in [9.17, 15) is 9.59 Å². The van der Waals surface area contributed by atoms with E-state index in [1.807, 2.05) is 34.1 Å². The molecule has 0 atom stereocenters. The number of ether oxygens (including phenoxy) is 1. The van der Waals surface area contributed by atoms with E-state index in [-0.39, 0.29) is 11.8 Å². The van der Waals surface area contributed by atoms with Gasteiger partial charge in [0.1, 0.15) is 5.75 Å². The SMILES string of the molecule is COc1ccc(C(=O)N2CCCN(C(=O)c3cccc(Br)c3)CC2)cc1. The number of methoxy groups -OCH3 is 1. The van der Waals surface area contributed by atoms with Crippen LogP contribution in [-0.2, 0) is 0 Å². The van der Waals surface area contributed by atoms with Crippen LogP contribution in [0.4, 0.5) is 0 Å². The third kappa shape index (κ3) is 4.25. The molecule has 1 aliphatic heterocycles. The van der Waals surface area contributed by atoms with Crippen molar-refractivity contribution < 1.29 is 14.3 Å². The van der Waals surface area contributed by atoms with Gasteiger partial charge in [0.25, 0.3) is 11.8 Å². The second-order valence-electron chi connectivity index (χ2n) is 6.18. The summed E-state index contributed by atoms with van der Waals surface area (Å²) in [5, 5.41) is 0.